The lowest BCUT2D eigenvalue weighted by atomic mass is 9.81. The highest BCUT2D eigenvalue weighted by Gasteiger charge is 2.68. The molecular formula is C25H20Br2Cl2N2O4. The van der Waals surface area contributed by atoms with E-state index in [0.29, 0.717) is 15.6 Å². The molecule has 0 N–H and O–H groups in total. The first-order valence-corrected chi connectivity index (χ1v) is 13.7. The molecule has 0 unspecified atom stereocenters. The number of fused-ring (bicyclic) bond motifs is 5. The van der Waals surface area contributed by atoms with E-state index in [-0.39, 0.29) is 27.1 Å². The highest BCUT2D eigenvalue weighted by atomic mass is 79.9. The minimum Gasteiger partial charge on any atom is -0.292 e. The Labute approximate surface area is 229 Å². The number of hydrogen-bond donors (Lipinski definition) is 0. The molecule has 10 heteroatoms. The Morgan fingerprint density at radius 3 is 1.74 bits per heavy atom. The Hall–Kier alpha value is -1.74. The molecule has 2 aromatic rings. The van der Waals surface area contributed by atoms with Crippen LogP contribution < -0.4 is 0 Å². The molecule has 0 radical (unpaired) electrons. The topological polar surface area (TPSA) is 74.8 Å². The van der Waals surface area contributed by atoms with Gasteiger partial charge >= 0.3 is 0 Å². The average Bonchev–Trinajstić information content (AvgIpc) is 3.45. The van der Waals surface area contributed by atoms with Crippen LogP contribution in [0.5, 0.6) is 0 Å². The molecule has 0 aromatic heterocycles. The average molecular weight is 643 g/mol. The number of halogens is 4. The van der Waals surface area contributed by atoms with Gasteiger partial charge in [0.1, 0.15) is 6.04 Å². The fourth-order valence-corrected chi connectivity index (χ4v) is 7.80. The van der Waals surface area contributed by atoms with E-state index in [1.807, 2.05) is 0 Å². The van der Waals surface area contributed by atoms with Crippen molar-refractivity contribution in [1.82, 2.24) is 10.0 Å². The first kappa shape index (κ1) is 24.9. The van der Waals surface area contributed by atoms with E-state index in [9.17, 15) is 19.2 Å². The van der Waals surface area contributed by atoms with E-state index < -0.39 is 41.4 Å². The predicted octanol–water partition coefficient (Wildman–Crippen LogP) is 5.40. The second-order valence-corrected chi connectivity index (χ2v) is 12.2. The van der Waals surface area contributed by atoms with Crippen LogP contribution in [0, 0.1) is 23.7 Å². The molecule has 6 nitrogen and oxygen atoms in total. The van der Waals surface area contributed by atoms with E-state index in [2.05, 4.69) is 31.9 Å². The van der Waals surface area contributed by atoms with Gasteiger partial charge in [0.25, 0.3) is 17.7 Å². The molecular weight excluding hydrogens is 623 g/mol. The summed E-state index contributed by atoms with van der Waals surface area (Å²) in [6.45, 7) is 1.52. The van der Waals surface area contributed by atoms with Gasteiger partial charge in [-0.15, -0.1) is 0 Å². The summed E-state index contributed by atoms with van der Waals surface area (Å²) in [6.07, 6.45) is 0.761. The number of carbonyl (C=O) groups is 4. The lowest BCUT2D eigenvalue weighted by Crippen LogP contribution is -2.56. The SMILES string of the molecule is C[C@H](C(=O)c1ccc(Cl)cc1)N(C(=O)c1ccc(Cl)cc1)N1C(=O)[C@@H]2[C@H]3C[C@@H]([C@@H](Br)[C@H]3Br)[C@H]2C1=O. The van der Waals surface area contributed by atoms with Gasteiger partial charge in [-0.25, -0.2) is 5.01 Å². The minimum absolute atomic E-state index is 0.0226. The molecule has 2 bridgehead atoms. The fourth-order valence-electron chi connectivity index (χ4n) is 5.68. The number of rotatable bonds is 5. The Morgan fingerprint density at radius 2 is 1.29 bits per heavy atom. The summed E-state index contributed by atoms with van der Waals surface area (Å²) in [5, 5.41) is 2.85. The van der Waals surface area contributed by atoms with E-state index in [1.54, 1.807) is 36.4 Å². The van der Waals surface area contributed by atoms with Crippen LogP contribution in [0.15, 0.2) is 48.5 Å². The van der Waals surface area contributed by atoms with Gasteiger partial charge in [-0.3, -0.25) is 19.2 Å². The van der Waals surface area contributed by atoms with Crippen LogP contribution in [0.2, 0.25) is 10.0 Å². The number of nitrogens with zero attached hydrogens (tertiary/aromatic N) is 2. The molecule has 1 aliphatic heterocycles. The van der Waals surface area contributed by atoms with Crippen LogP contribution >= 0.6 is 55.1 Å². The zero-order valence-corrected chi connectivity index (χ0v) is 23.1. The Balaban J connectivity index is 1.55. The largest absolute Gasteiger partial charge is 0.292 e. The zero-order chi connectivity index (χ0) is 25.2. The van der Waals surface area contributed by atoms with Gasteiger partial charge in [-0.05, 0) is 73.7 Å². The zero-order valence-electron chi connectivity index (χ0n) is 18.4. The molecule has 3 aliphatic rings. The lowest BCUT2D eigenvalue weighted by molar-refractivity contribution is -0.157. The Bertz CT molecular complexity index is 1190. The molecule has 2 aliphatic carbocycles. The maximum Gasteiger partial charge on any atom is 0.273 e. The van der Waals surface area contributed by atoms with Gasteiger partial charge in [0.05, 0.1) is 11.8 Å². The van der Waals surface area contributed by atoms with Crippen molar-refractivity contribution >= 4 is 78.6 Å². The number of Topliss-reactive ketones (excluding diaryl/α,β-unsaturated/α-hetero) is 1. The predicted molar refractivity (Wildman–Crippen MR) is 139 cm³/mol. The molecule has 0 spiro atoms. The summed E-state index contributed by atoms with van der Waals surface area (Å²) in [4.78, 5) is 54.7. The van der Waals surface area contributed by atoms with Crippen molar-refractivity contribution in [3.8, 4) is 0 Å². The van der Waals surface area contributed by atoms with Crippen molar-refractivity contribution in [1.29, 1.82) is 0 Å². The summed E-state index contributed by atoms with van der Waals surface area (Å²) in [7, 11) is 0. The fraction of sp³-hybridized carbons (Fsp3) is 0.360. The standard InChI is InChI=1S/C25H20Br2Cl2N2O4/c1-11(22(32)12-2-6-14(28)7-3-12)30(23(33)13-4-8-15(29)9-5-13)31-24(34)18-16-10-17(19(18)25(31)35)21(27)20(16)26/h2-9,11,16-21H,10H2,1H3/t11-,16-,17-,18-,19-,20-,21+/m1/s1. The summed E-state index contributed by atoms with van der Waals surface area (Å²) >= 11 is 19.3. The number of carbonyl (C=O) groups excluding carboxylic acids is 4. The van der Waals surface area contributed by atoms with Gasteiger partial charge in [0.2, 0.25) is 0 Å². The van der Waals surface area contributed by atoms with Gasteiger partial charge in [-0.2, -0.15) is 5.01 Å². The first-order chi connectivity index (χ1) is 16.6. The molecule has 2 aromatic carbocycles. The second kappa shape index (κ2) is 9.29. The van der Waals surface area contributed by atoms with E-state index >= 15 is 0 Å². The quantitative estimate of drug-likeness (QED) is 0.249. The molecule has 3 fully saturated rings. The van der Waals surface area contributed by atoms with E-state index in [0.717, 1.165) is 16.4 Å². The molecule has 5 rings (SSSR count). The second-order valence-electron chi connectivity index (χ2n) is 9.20. The summed E-state index contributed by atoms with van der Waals surface area (Å²) in [6, 6.07) is 11.3. The van der Waals surface area contributed by atoms with Crippen molar-refractivity contribution in [2.24, 2.45) is 23.7 Å². The van der Waals surface area contributed by atoms with Crippen LogP contribution in [-0.4, -0.2) is 49.2 Å². The van der Waals surface area contributed by atoms with Crippen LogP contribution in [0.3, 0.4) is 0 Å². The normalized spacial score (nSPS) is 29.9. The van der Waals surface area contributed by atoms with Crippen LogP contribution in [0.1, 0.15) is 34.1 Å². The summed E-state index contributed by atoms with van der Waals surface area (Å²) in [5.74, 6) is -3.01. The van der Waals surface area contributed by atoms with Crippen molar-refractivity contribution in [2.75, 3.05) is 0 Å². The van der Waals surface area contributed by atoms with E-state index in [1.165, 1.54) is 19.1 Å². The van der Waals surface area contributed by atoms with Gasteiger partial charge in [-0.1, -0.05) is 55.1 Å². The van der Waals surface area contributed by atoms with Crippen molar-refractivity contribution < 1.29 is 19.2 Å². The number of imide groups is 1. The highest BCUT2D eigenvalue weighted by molar-refractivity contribution is 9.12. The number of ketones is 1. The number of hydrogen-bond acceptors (Lipinski definition) is 4. The molecule has 2 saturated carbocycles. The number of hydrazine groups is 1. The molecule has 35 heavy (non-hydrogen) atoms. The molecule has 1 heterocycles. The summed E-state index contributed by atoms with van der Waals surface area (Å²) in [5.41, 5.74) is 0.527. The molecule has 1 saturated heterocycles. The lowest BCUT2D eigenvalue weighted by Gasteiger charge is -2.35. The third-order valence-electron chi connectivity index (χ3n) is 7.35. The van der Waals surface area contributed by atoms with E-state index in [4.69, 9.17) is 23.2 Å². The van der Waals surface area contributed by atoms with Crippen LogP contribution in [-0.2, 0) is 9.59 Å². The third kappa shape index (κ3) is 3.97. The number of alkyl halides is 2. The Morgan fingerprint density at radius 1 is 0.857 bits per heavy atom. The van der Waals surface area contributed by atoms with Gasteiger partial charge < -0.3 is 0 Å². The van der Waals surface area contributed by atoms with Crippen LogP contribution in [0.4, 0.5) is 0 Å². The molecule has 7 atom stereocenters. The van der Waals surface area contributed by atoms with Crippen molar-refractivity contribution in [3.63, 3.8) is 0 Å². The van der Waals surface area contributed by atoms with Gasteiger partial charge in [0.15, 0.2) is 5.78 Å². The molecule has 3 amide bonds. The minimum atomic E-state index is -1.12. The maximum atomic E-state index is 13.7. The van der Waals surface area contributed by atoms with Crippen molar-refractivity contribution in [2.45, 2.75) is 29.0 Å². The smallest absolute Gasteiger partial charge is 0.273 e. The number of benzene rings is 2. The van der Waals surface area contributed by atoms with Crippen molar-refractivity contribution in [3.05, 3.63) is 69.7 Å². The number of amides is 3. The molecule has 182 valence electrons. The maximum absolute atomic E-state index is 13.7. The third-order valence-corrected chi connectivity index (χ3v) is 11.1. The Kier molecular flexibility index (Phi) is 6.62. The summed E-state index contributed by atoms with van der Waals surface area (Å²) < 4.78 is 0. The van der Waals surface area contributed by atoms with Gasteiger partial charge in [0, 0.05) is 30.8 Å². The highest BCUT2D eigenvalue weighted by Crippen LogP contribution is 2.60. The van der Waals surface area contributed by atoms with Crippen LogP contribution in [0.25, 0.3) is 0 Å². The monoisotopic (exact) mass is 640 g/mol. The first-order valence-electron chi connectivity index (χ1n) is 11.2.